The summed E-state index contributed by atoms with van der Waals surface area (Å²) in [7, 11) is -0.286. The second kappa shape index (κ2) is 10.9. The largest absolute Gasteiger partial charge is 0.458 e. The minimum absolute atomic E-state index is 0.129. The highest BCUT2D eigenvalue weighted by atomic mass is 16.7. The SMILES string of the molecule is C[C@H](CCCB1OC(C)(C)C(C)(C)O1)[C@H](NC(=O)OCc1ccccc1)C(=O)OC(C)(C)C. The fraction of sp³-hybridized carbons (Fsp3) is 0.680. The molecule has 1 saturated heterocycles. The minimum atomic E-state index is -0.814. The van der Waals surface area contributed by atoms with Gasteiger partial charge in [-0.2, -0.15) is 0 Å². The molecule has 1 aliphatic heterocycles. The number of benzene rings is 1. The van der Waals surface area contributed by atoms with E-state index in [0.29, 0.717) is 12.7 Å². The van der Waals surface area contributed by atoms with E-state index in [1.54, 1.807) is 20.8 Å². The highest BCUT2D eigenvalue weighted by Crippen LogP contribution is 2.38. The first-order chi connectivity index (χ1) is 15.2. The van der Waals surface area contributed by atoms with Crippen LogP contribution in [0.3, 0.4) is 0 Å². The molecule has 2 rings (SSSR count). The standard InChI is InChI=1S/C25H40BNO6/c1-18(13-12-16-26-32-24(5,6)25(7,8)33-26)20(21(28)31-23(2,3)4)27-22(29)30-17-19-14-10-9-11-15-19/h9-11,14-15,18,20H,12-13,16-17H2,1-8H3,(H,27,29)/t18-,20+/m1/s1. The molecule has 0 radical (unpaired) electrons. The molecule has 1 amide bonds. The van der Waals surface area contributed by atoms with Gasteiger partial charge in [0.25, 0.3) is 0 Å². The molecule has 184 valence electrons. The Bertz CT molecular complexity index is 774. The number of ether oxygens (including phenoxy) is 2. The zero-order valence-electron chi connectivity index (χ0n) is 21.4. The van der Waals surface area contributed by atoms with Gasteiger partial charge in [-0.25, -0.2) is 9.59 Å². The molecule has 0 aliphatic carbocycles. The summed E-state index contributed by atoms with van der Waals surface area (Å²) in [6.45, 7) is 15.6. The molecule has 8 heteroatoms. The third-order valence-electron chi connectivity index (χ3n) is 6.12. The molecule has 2 atom stereocenters. The molecule has 1 heterocycles. The molecule has 0 aromatic heterocycles. The van der Waals surface area contributed by atoms with Gasteiger partial charge in [-0.1, -0.05) is 43.7 Å². The summed E-state index contributed by atoms with van der Waals surface area (Å²) in [6.07, 6.45) is 1.52. The van der Waals surface area contributed by atoms with Crippen molar-refractivity contribution >= 4 is 19.2 Å². The summed E-state index contributed by atoms with van der Waals surface area (Å²) in [5, 5.41) is 2.72. The van der Waals surface area contributed by atoms with Crippen LogP contribution in [0.2, 0.25) is 6.32 Å². The Kier molecular flexibility index (Phi) is 8.99. The van der Waals surface area contributed by atoms with Gasteiger partial charge in [-0.3, -0.25) is 0 Å². The molecule has 1 aromatic rings. The lowest BCUT2D eigenvalue weighted by molar-refractivity contribution is -0.158. The Hall–Kier alpha value is -2.06. The molecule has 1 fully saturated rings. The maximum absolute atomic E-state index is 12.9. The van der Waals surface area contributed by atoms with E-state index < -0.39 is 23.7 Å². The van der Waals surface area contributed by atoms with Crippen LogP contribution in [-0.4, -0.2) is 42.0 Å². The average molecular weight is 461 g/mol. The summed E-state index contributed by atoms with van der Waals surface area (Å²) in [5.41, 5.74) is -0.525. The molecule has 33 heavy (non-hydrogen) atoms. The summed E-state index contributed by atoms with van der Waals surface area (Å²) in [5.74, 6) is -0.631. The Morgan fingerprint density at radius 2 is 1.64 bits per heavy atom. The van der Waals surface area contributed by atoms with Gasteiger partial charge in [0.05, 0.1) is 11.2 Å². The monoisotopic (exact) mass is 461 g/mol. The van der Waals surface area contributed by atoms with Crippen molar-refractivity contribution < 1.29 is 28.4 Å². The van der Waals surface area contributed by atoms with E-state index >= 15 is 0 Å². The van der Waals surface area contributed by atoms with Crippen LogP contribution in [0.15, 0.2) is 30.3 Å². The van der Waals surface area contributed by atoms with Crippen molar-refractivity contribution in [3.05, 3.63) is 35.9 Å². The zero-order valence-corrected chi connectivity index (χ0v) is 21.4. The number of rotatable bonds is 9. The Morgan fingerprint density at radius 1 is 1.06 bits per heavy atom. The van der Waals surface area contributed by atoms with E-state index in [1.165, 1.54) is 0 Å². The molecule has 7 nitrogen and oxygen atoms in total. The normalized spacial score (nSPS) is 19.0. The van der Waals surface area contributed by atoms with E-state index in [9.17, 15) is 9.59 Å². The summed E-state index contributed by atoms with van der Waals surface area (Å²) < 4.78 is 23.0. The van der Waals surface area contributed by atoms with Gasteiger partial charge < -0.3 is 24.1 Å². The van der Waals surface area contributed by atoms with Crippen molar-refractivity contribution in [1.82, 2.24) is 5.32 Å². The lowest BCUT2D eigenvalue weighted by atomic mass is 9.80. The van der Waals surface area contributed by atoms with E-state index in [0.717, 1.165) is 12.0 Å². The predicted octanol–water partition coefficient (Wildman–Crippen LogP) is 5.13. The Balaban J connectivity index is 1.93. The van der Waals surface area contributed by atoms with Gasteiger partial charge >= 0.3 is 19.2 Å². The van der Waals surface area contributed by atoms with Crippen molar-refractivity contribution in [3.63, 3.8) is 0 Å². The lowest BCUT2D eigenvalue weighted by Crippen LogP contribution is -2.48. The van der Waals surface area contributed by atoms with Crippen molar-refractivity contribution in [3.8, 4) is 0 Å². The first-order valence-electron chi connectivity index (χ1n) is 11.8. The van der Waals surface area contributed by atoms with Crippen molar-refractivity contribution in [2.45, 2.75) is 104 Å². The first-order valence-corrected chi connectivity index (χ1v) is 11.8. The highest BCUT2D eigenvalue weighted by Gasteiger charge is 2.50. The fourth-order valence-corrected chi connectivity index (χ4v) is 3.55. The molecule has 0 spiro atoms. The minimum Gasteiger partial charge on any atom is -0.458 e. The summed E-state index contributed by atoms with van der Waals surface area (Å²) in [4.78, 5) is 25.3. The van der Waals surface area contributed by atoms with E-state index in [-0.39, 0.29) is 30.8 Å². The van der Waals surface area contributed by atoms with Gasteiger partial charge in [0.2, 0.25) is 0 Å². The molecule has 1 aromatic carbocycles. The third kappa shape index (κ3) is 8.34. The second-order valence-corrected chi connectivity index (χ2v) is 10.8. The molecule has 0 unspecified atom stereocenters. The van der Waals surface area contributed by atoms with Crippen LogP contribution in [-0.2, 0) is 30.2 Å². The number of alkyl carbamates (subject to hydrolysis) is 1. The maximum atomic E-state index is 12.9. The number of carbonyl (C=O) groups is 2. The zero-order chi connectivity index (χ0) is 24.9. The van der Waals surface area contributed by atoms with Crippen molar-refractivity contribution in [2.24, 2.45) is 5.92 Å². The van der Waals surface area contributed by atoms with Gasteiger partial charge in [-0.05, 0) is 72.7 Å². The summed E-state index contributed by atoms with van der Waals surface area (Å²) >= 11 is 0. The van der Waals surface area contributed by atoms with Crippen LogP contribution in [0.1, 0.15) is 73.8 Å². The van der Waals surface area contributed by atoms with Crippen LogP contribution in [0.5, 0.6) is 0 Å². The number of hydrogen-bond donors (Lipinski definition) is 1. The number of carbonyl (C=O) groups excluding carboxylic acids is 2. The van der Waals surface area contributed by atoms with Crippen LogP contribution < -0.4 is 5.32 Å². The molecular formula is C25H40BNO6. The Morgan fingerprint density at radius 3 is 2.18 bits per heavy atom. The Labute approximate surface area is 199 Å². The van der Waals surface area contributed by atoms with Gasteiger partial charge in [0.1, 0.15) is 18.2 Å². The average Bonchev–Trinajstić information content (AvgIpc) is 2.90. The van der Waals surface area contributed by atoms with E-state index in [4.69, 9.17) is 18.8 Å². The van der Waals surface area contributed by atoms with Gasteiger partial charge in [0.15, 0.2) is 0 Å². The fourth-order valence-electron chi connectivity index (χ4n) is 3.55. The number of amides is 1. The van der Waals surface area contributed by atoms with Crippen molar-refractivity contribution in [2.75, 3.05) is 0 Å². The molecule has 0 bridgehead atoms. The first kappa shape index (κ1) is 27.2. The molecule has 1 N–H and O–H groups in total. The van der Waals surface area contributed by atoms with E-state index in [2.05, 4.69) is 5.32 Å². The smallest absolute Gasteiger partial charge is 0.457 e. The van der Waals surface area contributed by atoms with Crippen LogP contribution >= 0.6 is 0 Å². The van der Waals surface area contributed by atoms with Crippen molar-refractivity contribution in [1.29, 1.82) is 0 Å². The molecule has 0 saturated carbocycles. The highest BCUT2D eigenvalue weighted by molar-refractivity contribution is 6.45. The van der Waals surface area contributed by atoms with Crippen LogP contribution in [0, 0.1) is 5.92 Å². The van der Waals surface area contributed by atoms with Crippen LogP contribution in [0.4, 0.5) is 4.79 Å². The van der Waals surface area contributed by atoms with E-state index in [1.807, 2.05) is 65.0 Å². The number of hydrogen-bond acceptors (Lipinski definition) is 6. The predicted molar refractivity (Wildman–Crippen MR) is 129 cm³/mol. The quantitative estimate of drug-likeness (QED) is 0.406. The molecular weight excluding hydrogens is 421 g/mol. The third-order valence-corrected chi connectivity index (χ3v) is 6.12. The summed E-state index contributed by atoms with van der Waals surface area (Å²) in [6, 6.07) is 8.58. The van der Waals surface area contributed by atoms with Gasteiger partial charge in [-0.15, -0.1) is 0 Å². The van der Waals surface area contributed by atoms with Crippen LogP contribution in [0.25, 0.3) is 0 Å². The second-order valence-electron chi connectivity index (χ2n) is 10.8. The molecule has 1 aliphatic rings. The maximum Gasteiger partial charge on any atom is 0.457 e. The van der Waals surface area contributed by atoms with Gasteiger partial charge in [0, 0.05) is 0 Å². The number of esters is 1. The lowest BCUT2D eigenvalue weighted by Gasteiger charge is -2.32. The topological polar surface area (TPSA) is 83.1 Å². The number of nitrogens with one attached hydrogen (secondary N) is 1.